The van der Waals surface area contributed by atoms with Crippen LogP contribution in [0.4, 0.5) is 0 Å². The maximum absolute atomic E-state index is 11.9. The molecule has 0 saturated heterocycles. The summed E-state index contributed by atoms with van der Waals surface area (Å²) in [5.41, 5.74) is 5.69. The number of hydrogen-bond acceptors (Lipinski definition) is 3. The topological polar surface area (TPSA) is 55.1 Å². The normalized spacial score (nSPS) is 16.3. The van der Waals surface area contributed by atoms with Crippen molar-refractivity contribution >= 4 is 17.7 Å². The third-order valence-electron chi connectivity index (χ3n) is 2.95. The van der Waals surface area contributed by atoms with Crippen LogP contribution in [0.25, 0.3) is 0 Å². The molecule has 4 heteroatoms. The molecule has 0 aliphatic carbocycles. The molecule has 0 radical (unpaired) electrons. The molecule has 3 N–H and O–H groups in total. The van der Waals surface area contributed by atoms with Crippen molar-refractivity contribution in [1.82, 2.24) is 5.32 Å². The van der Waals surface area contributed by atoms with E-state index in [0.29, 0.717) is 6.04 Å². The number of amides is 1. The predicted octanol–water partition coefficient (Wildman–Crippen LogP) is 2.40. The second-order valence-corrected chi connectivity index (χ2v) is 5.79. The second kappa shape index (κ2) is 9.77. The first kappa shape index (κ1) is 16.8. The summed E-state index contributed by atoms with van der Waals surface area (Å²) < 4.78 is 0. The van der Waals surface area contributed by atoms with Gasteiger partial charge in [-0.05, 0) is 32.4 Å². The third-order valence-corrected chi connectivity index (χ3v) is 3.69. The summed E-state index contributed by atoms with van der Waals surface area (Å²) in [7, 11) is 0. The first-order valence-electron chi connectivity index (χ1n) is 6.56. The number of hydrogen-bond donors (Lipinski definition) is 2. The van der Waals surface area contributed by atoms with Gasteiger partial charge in [-0.1, -0.05) is 20.3 Å². The number of nitrogens with two attached hydrogens (primary N) is 1. The van der Waals surface area contributed by atoms with Crippen LogP contribution >= 0.6 is 11.8 Å². The smallest absolute Gasteiger partial charge is 0.223 e. The van der Waals surface area contributed by atoms with Gasteiger partial charge in [0.2, 0.25) is 5.91 Å². The minimum atomic E-state index is 0.102. The molecule has 0 aromatic rings. The second-order valence-electron chi connectivity index (χ2n) is 4.88. The summed E-state index contributed by atoms with van der Waals surface area (Å²) >= 11 is 1.78. The quantitative estimate of drug-likeness (QED) is 0.669. The van der Waals surface area contributed by atoms with Crippen molar-refractivity contribution in [3.8, 4) is 0 Å². The molecule has 0 bridgehead atoms. The fraction of sp³-hybridized carbons (Fsp3) is 0.923. The Morgan fingerprint density at radius 1 is 1.35 bits per heavy atom. The van der Waals surface area contributed by atoms with Crippen LogP contribution in [0.5, 0.6) is 0 Å². The molecule has 3 nitrogen and oxygen atoms in total. The van der Waals surface area contributed by atoms with E-state index in [2.05, 4.69) is 18.5 Å². The Morgan fingerprint density at radius 2 is 2.00 bits per heavy atom. The molecule has 0 saturated carbocycles. The molecule has 0 spiro atoms. The Bertz CT molecular complexity index is 210. The van der Waals surface area contributed by atoms with Crippen LogP contribution < -0.4 is 11.1 Å². The van der Waals surface area contributed by atoms with Gasteiger partial charge in [0, 0.05) is 23.8 Å². The molecule has 0 heterocycles. The van der Waals surface area contributed by atoms with Gasteiger partial charge >= 0.3 is 0 Å². The van der Waals surface area contributed by atoms with Crippen molar-refractivity contribution in [2.24, 2.45) is 11.7 Å². The first-order valence-corrected chi connectivity index (χ1v) is 7.95. The Labute approximate surface area is 110 Å². The Hall–Kier alpha value is -0.220. The summed E-state index contributed by atoms with van der Waals surface area (Å²) in [5, 5.41) is 3.11. The number of rotatable bonds is 9. The minimum Gasteiger partial charge on any atom is -0.352 e. The zero-order chi connectivity index (χ0) is 13.3. The van der Waals surface area contributed by atoms with Crippen LogP contribution in [0.15, 0.2) is 0 Å². The minimum absolute atomic E-state index is 0.102. The van der Waals surface area contributed by atoms with Crippen LogP contribution in [0.1, 0.15) is 46.5 Å². The van der Waals surface area contributed by atoms with E-state index in [4.69, 9.17) is 5.73 Å². The lowest BCUT2D eigenvalue weighted by molar-refractivity contribution is -0.125. The van der Waals surface area contributed by atoms with Gasteiger partial charge in [0.1, 0.15) is 0 Å². The molecule has 17 heavy (non-hydrogen) atoms. The van der Waals surface area contributed by atoms with Gasteiger partial charge in [0.25, 0.3) is 0 Å². The number of carbonyl (C=O) groups is 1. The van der Waals surface area contributed by atoms with Gasteiger partial charge in [-0.25, -0.2) is 0 Å². The fourth-order valence-corrected chi connectivity index (χ4v) is 2.40. The standard InChI is InChI=1S/C13H28N2OS/c1-5-12(9-17-4)15-13(16)10(2)7-6-8-11(3)14/h10-12H,5-9,14H2,1-4H3,(H,15,16). The van der Waals surface area contributed by atoms with E-state index < -0.39 is 0 Å². The lowest BCUT2D eigenvalue weighted by Gasteiger charge is -2.19. The summed E-state index contributed by atoms with van der Waals surface area (Å²) in [4.78, 5) is 11.9. The largest absolute Gasteiger partial charge is 0.352 e. The Morgan fingerprint density at radius 3 is 2.47 bits per heavy atom. The van der Waals surface area contributed by atoms with Crippen molar-refractivity contribution in [3.05, 3.63) is 0 Å². The Balaban J connectivity index is 3.86. The molecular weight excluding hydrogens is 232 g/mol. The number of nitrogens with one attached hydrogen (secondary N) is 1. The average molecular weight is 260 g/mol. The van der Waals surface area contributed by atoms with Crippen molar-refractivity contribution < 1.29 is 4.79 Å². The summed E-state index contributed by atoms with van der Waals surface area (Å²) in [6.45, 7) is 6.13. The highest BCUT2D eigenvalue weighted by Gasteiger charge is 2.16. The molecular formula is C13H28N2OS. The molecule has 3 atom stereocenters. The highest BCUT2D eigenvalue weighted by atomic mass is 32.2. The molecule has 0 aromatic carbocycles. The Kier molecular flexibility index (Phi) is 9.65. The average Bonchev–Trinajstić information content (AvgIpc) is 2.27. The lowest BCUT2D eigenvalue weighted by atomic mass is 10.0. The third kappa shape index (κ3) is 8.50. The summed E-state index contributed by atoms with van der Waals surface area (Å²) in [6, 6.07) is 0.554. The number of carbonyl (C=O) groups excluding carboxylic acids is 1. The summed E-state index contributed by atoms with van der Waals surface area (Å²) in [6.07, 6.45) is 6.04. The lowest BCUT2D eigenvalue weighted by Crippen LogP contribution is -2.39. The first-order chi connectivity index (χ1) is 8.01. The summed E-state index contributed by atoms with van der Waals surface area (Å²) in [5.74, 6) is 1.29. The van der Waals surface area contributed by atoms with Gasteiger partial charge in [0.05, 0.1) is 0 Å². The monoisotopic (exact) mass is 260 g/mol. The molecule has 102 valence electrons. The predicted molar refractivity (Wildman–Crippen MR) is 77.3 cm³/mol. The van der Waals surface area contributed by atoms with Crippen LogP contribution in [0, 0.1) is 5.92 Å². The van der Waals surface area contributed by atoms with E-state index in [-0.39, 0.29) is 17.9 Å². The molecule has 3 unspecified atom stereocenters. The highest BCUT2D eigenvalue weighted by Crippen LogP contribution is 2.10. The van der Waals surface area contributed by atoms with E-state index >= 15 is 0 Å². The van der Waals surface area contributed by atoms with Crippen LogP contribution in [-0.4, -0.2) is 30.0 Å². The highest BCUT2D eigenvalue weighted by molar-refractivity contribution is 7.98. The van der Waals surface area contributed by atoms with E-state index in [1.54, 1.807) is 11.8 Å². The number of thioether (sulfide) groups is 1. The van der Waals surface area contributed by atoms with Crippen molar-refractivity contribution in [2.75, 3.05) is 12.0 Å². The van der Waals surface area contributed by atoms with E-state index in [1.165, 1.54) is 0 Å². The van der Waals surface area contributed by atoms with E-state index in [9.17, 15) is 4.79 Å². The van der Waals surface area contributed by atoms with Crippen LogP contribution in [0.2, 0.25) is 0 Å². The molecule has 1 amide bonds. The van der Waals surface area contributed by atoms with Crippen LogP contribution in [-0.2, 0) is 4.79 Å². The van der Waals surface area contributed by atoms with Gasteiger partial charge in [-0.2, -0.15) is 11.8 Å². The van der Waals surface area contributed by atoms with Crippen LogP contribution in [0.3, 0.4) is 0 Å². The van der Waals surface area contributed by atoms with Gasteiger partial charge in [-0.3, -0.25) is 4.79 Å². The molecule has 0 aliphatic rings. The zero-order valence-corrected chi connectivity index (χ0v) is 12.5. The maximum atomic E-state index is 11.9. The SMILES string of the molecule is CCC(CSC)NC(=O)C(C)CCCC(C)N. The molecule has 0 aromatic heterocycles. The molecule has 0 fully saturated rings. The maximum Gasteiger partial charge on any atom is 0.223 e. The van der Waals surface area contributed by atoms with E-state index in [0.717, 1.165) is 31.4 Å². The zero-order valence-electron chi connectivity index (χ0n) is 11.7. The van der Waals surface area contributed by atoms with E-state index in [1.807, 2.05) is 13.8 Å². The van der Waals surface area contributed by atoms with Crippen molar-refractivity contribution in [1.29, 1.82) is 0 Å². The van der Waals surface area contributed by atoms with Crippen molar-refractivity contribution in [3.63, 3.8) is 0 Å². The van der Waals surface area contributed by atoms with Gasteiger partial charge < -0.3 is 11.1 Å². The van der Waals surface area contributed by atoms with Gasteiger partial charge in [-0.15, -0.1) is 0 Å². The molecule has 0 aliphatic heterocycles. The van der Waals surface area contributed by atoms with Crippen molar-refractivity contribution in [2.45, 2.75) is 58.5 Å². The van der Waals surface area contributed by atoms with Gasteiger partial charge in [0.15, 0.2) is 0 Å². The fourth-order valence-electron chi connectivity index (χ4n) is 1.68. The molecule has 0 rings (SSSR count).